The summed E-state index contributed by atoms with van der Waals surface area (Å²) >= 11 is 3.39. The minimum atomic E-state index is -0.653. The number of aromatic amines is 1. The third-order valence-electron chi connectivity index (χ3n) is 4.12. The van der Waals surface area contributed by atoms with E-state index in [1.165, 1.54) is 4.90 Å². The van der Waals surface area contributed by atoms with Gasteiger partial charge in [0.25, 0.3) is 5.91 Å². The van der Waals surface area contributed by atoms with Crippen LogP contribution in [0.1, 0.15) is 16.9 Å². The molecule has 0 saturated heterocycles. The second kappa shape index (κ2) is 8.71. The molecule has 0 radical (unpaired) electrons. The lowest BCUT2D eigenvalue weighted by Gasteiger charge is -2.22. The number of nitrogens with two attached hydrogens (primary N) is 1. The maximum absolute atomic E-state index is 12.6. The molecule has 0 atom stereocenters. The Labute approximate surface area is 169 Å². The first-order valence-corrected chi connectivity index (χ1v) is 9.33. The summed E-state index contributed by atoms with van der Waals surface area (Å²) in [6.07, 6.45) is 0.00213. The molecular formula is C20H18BrN3O4. The fourth-order valence-corrected chi connectivity index (χ4v) is 3.36. The van der Waals surface area contributed by atoms with E-state index in [4.69, 9.17) is 10.5 Å². The zero-order valence-corrected chi connectivity index (χ0v) is 16.4. The Morgan fingerprint density at radius 2 is 1.71 bits per heavy atom. The number of primary amides is 1. The number of amides is 2. The van der Waals surface area contributed by atoms with Gasteiger partial charge in [-0.15, -0.1) is 0 Å². The van der Waals surface area contributed by atoms with Gasteiger partial charge >= 0.3 is 5.97 Å². The largest absolute Gasteiger partial charge is 0.451 e. The number of hydrogen-bond donors (Lipinski definition) is 2. The second-order valence-electron chi connectivity index (χ2n) is 6.03. The van der Waals surface area contributed by atoms with Crippen LogP contribution >= 0.6 is 15.9 Å². The molecule has 3 rings (SSSR count). The third-order valence-corrected chi connectivity index (χ3v) is 4.95. The molecule has 3 N–H and O–H groups in total. The maximum atomic E-state index is 12.6. The summed E-state index contributed by atoms with van der Waals surface area (Å²) in [5.74, 6) is -1.62. The molecule has 0 aliphatic rings. The van der Waals surface area contributed by atoms with E-state index in [1.54, 1.807) is 24.3 Å². The van der Waals surface area contributed by atoms with E-state index < -0.39 is 24.4 Å². The summed E-state index contributed by atoms with van der Waals surface area (Å²) in [5.41, 5.74) is 6.80. The van der Waals surface area contributed by atoms with Crippen molar-refractivity contribution in [3.63, 3.8) is 0 Å². The van der Waals surface area contributed by atoms with E-state index in [1.807, 2.05) is 30.3 Å². The number of H-pyrrole nitrogens is 1. The highest BCUT2D eigenvalue weighted by molar-refractivity contribution is 9.10. The van der Waals surface area contributed by atoms with Gasteiger partial charge in [-0.3, -0.25) is 9.59 Å². The molecule has 0 fully saturated rings. The number of para-hydroxylation sites is 2. The predicted molar refractivity (Wildman–Crippen MR) is 109 cm³/mol. The molecular weight excluding hydrogens is 426 g/mol. The van der Waals surface area contributed by atoms with E-state index in [2.05, 4.69) is 20.9 Å². The molecule has 2 amide bonds. The number of hydrogen-bond acceptors (Lipinski definition) is 4. The van der Waals surface area contributed by atoms with Gasteiger partial charge in [0.15, 0.2) is 6.61 Å². The molecule has 28 heavy (non-hydrogen) atoms. The van der Waals surface area contributed by atoms with Gasteiger partial charge < -0.3 is 20.4 Å². The summed E-state index contributed by atoms with van der Waals surface area (Å²) in [6, 6.07) is 16.2. The Kier molecular flexibility index (Phi) is 6.10. The second-order valence-corrected chi connectivity index (χ2v) is 6.83. The highest BCUT2D eigenvalue weighted by Crippen LogP contribution is 2.28. The number of carbonyl (C=O) groups excluding carboxylic acids is 3. The Hall–Kier alpha value is -3.13. The minimum Gasteiger partial charge on any atom is -0.451 e. The minimum absolute atomic E-state index is 0.00213. The molecule has 0 aliphatic heterocycles. The molecule has 0 bridgehead atoms. The van der Waals surface area contributed by atoms with Gasteiger partial charge in [0.2, 0.25) is 5.91 Å². The van der Waals surface area contributed by atoms with Crippen molar-refractivity contribution in [2.45, 2.75) is 6.42 Å². The summed E-state index contributed by atoms with van der Waals surface area (Å²) < 4.78 is 5.78. The lowest BCUT2D eigenvalue weighted by atomic mass is 10.2. The highest BCUT2D eigenvalue weighted by atomic mass is 79.9. The van der Waals surface area contributed by atoms with Crippen molar-refractivity contribution in [1.29, 1.82) is 0 Å². The third kappa shape index (κ3) is 4.40. The highest BCUT2D eigenvalue weighted by Gasteiger charge is 2.21. The predicted octanol–water partition coefficient (Wildman–Crippen LogP) is 3.00. The summed E-state index contributed by atoms with van der Waals surface area (Å²) in [7, 11) is 0. The molecule has 2 aromatic carbocycles. The van der Waals surface area contributed by atoms with Gasteiger partial charge in [0, 0.05) is 29.6 Å². The van der Waals surface area contributed by atoms with Crippen molar-refractivity contribution >= 4 is 50.3 Å². The summed E-state index contributed by atoms with van der Waals surface area (Å²) in [4.78, 5) is 40.5. The van der Waals surface area contributed by atoms with Crippen LogP contribution < -0.4 is 10.6 Å². The molecule has 0 unspecified atom stereocenters. The fourth-order valence-electron chi connectivity index (χ4n) is 2.75. The lowest BCUT2D eigenvalue weighted by Crippen LogP contribution is -2.37. The Morgan fingerprint density at radius 3 is 2.39 bits per heavy atom. The van der Waals surface area contributed by atoms with Gasteiger partial charge in [-0.25, -0.2) is 4.79 Å². The SMILES string of the molecule is NC(=O)CCN(C(=O)COC(=O)c1[nH]c2ccccc2c1Br)c1ccccc1. The lowest BCUT2D eigenvalue weighted by molar-refractivity contribution is -0.121. The number of esters is 1. The van der Waals surface area contributed by atoms with Gasteiger partial charge in [-0.2, -0.15) is 0 Å². The number of halogens is 1. The molecule has 0 saturated carbocycles. The van der Waals surface area contributed by atoms with Crippen LogP contribution in [0, 0.1) is 0 Å². The van der Waals surface area contributed by atoms with Gasteiger partial charge in [-0.1, -0.05) is 36.4 Å². The van der Waals surface area contributed by atoms with Crippen LogP contribution in [0.15, 0.2) is 59.1 Å². The molecule has 0 aliphatic carbocycles. The number of nitrogens with zero attached hydrogens (tertiary/aromatic N) is 1. The number of aromatic nitrogens is 1. The number of benzene rings is 2. The monoisotopic (exact) mass is 443 g/mol. The summed E-state index contributed by atoms with van der Waals surface area (Å²) in [5, 5.41) is 0.841. The number of rotatable bonds is 7. The van der Waals surface area contributed by atoms with E-state index in [0.29, 0.717) is 10.2 Å². The van der Waals surface area contributed by atoms with E-state index in [-0.39, 0.29) is 18.7 Å². The molecule has 3 aromatic rings. The van der Waals surface area contributed by atoms with Crippen molar-refractivity contribution in [1.82, 2.24) is 4.98 Å². The molecule has 1 aromatic heterocycles. The van der Waals surface area contributed by atoms with Crippen LogP contribution in [-0.2, 0) is 14.3 Å². The number of fused-ring (bicyclic) bond motifs is 1. The molecule has 144 valence electrons. The average Bonchev–Trinajstić information content (AvgIpc) is 3.04. The van der Waals surface area contributed by atoms with E-state index in [0.717, 1.165) is 10.9 Å². The fraction of sp³-hybridized carbons (Fsp3) is 0.150. The Bertz CT molecular complexity index is 1020. The van der Waals surface area contributed by atoms with Crippen molar-refractivity contribution in [2.24, 2.45) is 5.73 Å². The van der Waals surface area contributed by atoms with Crippen molar-refractivity contribution in [3.05, 3.63) is 64.8 Å². The Balaban J connectivity index is 1.71. The van der Waals surface area contributed by atoms with E-state index >= 15 is 0 Å². The molecule has 7 nitrogen and oxygen atoms in total. The first kappa shape index (κ1) is 19.6. The maximum Gasteiger partial charge on any atom is 0.356 e. The molecule has 1 heterocycles. The standard InChI is InChI=1S/C20H18BrN3O4/c21-18-14-8-4-5-9-15(14)23-19(18)20(27)28-12-17(26)24(11-10-16(22)25)13-6-2-1-3-7-13/h1-9,23H,10-12H2,(H2,22,25). The van der Waals surface area contributed by atoms with Gasteiger partial charge in [0.05, 0.1) is 4.47 Å². The van der Waals surface area contributed by atoms with Crippen molar-refractivity contribution < 1.29 is 19.1 Å². The zero-order chi connectivity index (χ0) is 20.1. The van der Waals surface area contributed by atoms with Crippen LogP contribution in [0.2, 0.25) is 0 Å². The van der Waals surface area contributed by atoms with Crippen LogP contribution in [-0.4, -0.2) is 35.9 Å². The topological polar surface area (TPSA) is 105 Å². The van der Waals surface area contributed by atoms with Crippen LogP contribution in [0.25, 0.3) is 10.9 Å². The normalized spacial score (nSPS) is 10.6. The number of anilines is 1. The quantitative estimate of drug-likeness (QED) is 0.547. The van der Waals surface area contributed by atoms with Crippen molar-refractivity contribution in [3.8, 4) is 0 Å². The molecule has 8 heteroatoms. The van der Waals surface area contributed by atoms with Gasteiger partial charge in [0.1, 0.15) is 5.69 Å². The first-order valence-electron chi connectivity index (χ1n) is 8.54. The molecule has 0 spiro atoms. The number of ether oxygens (including phenoxy) is 1. The smallest absolute Gasteiger partial charge is 0.356 e. The van der Waals surface area contributed by atoms with Crippen molar-refractivity contribution in [2.75, 3.05) is 18.1 Å². The average molecular weight is 444 g/mol. The van der Waals surface area contributed by atoms with Crippen LogP contribution in [0.3, 0.4) is 0 Å². The zero-order valence-electron chi connectivity index (χ0n) is 14.9. The van der Waals surface area contributed by atoms with E-state index in [9.17, 15) is 14.4 Å². The summed E-state index contributed by atoms with van der Waals surface area (Å²) in [6.45, 7) is -0.361. The number of carbonyl (C=O) groups is 3. The van der Waals surface area contributed by atoms with Crippen LogP contribution in [0.5, 0.6) is 0 Å². The Morgan fingerprint density at radius 1 is 1.04 bits per heavy atom. The van der Waals surface area contributed by atoms with Gasteiger partial charge in [-0.05, 0) is 34.1 Å². The first-order chi connectivity index (χ1) is 13.5. The number of nitrogens with one attached hydrogen (secondary N) is 1. The van der Waals surface area contributed by atoms with Crippen LogP contribution in [0.4, 0.5) is 5.69 Å².